The number of nitrogens with two attached hydrogens (primary N) is 1. The van der Waals surface area contributed by atoms with Crippen LogP contribution in [0.1, 0.15) is 18.4 Å². The van der Waals surface area contributed by atoms with E-state index in [9.17, 15) is 0 Å². The predicted molar refractivity (Wildman–Crippen MR) is 82.3 cm³/mol. The van der Waals surface area contributed by atoms with E-state index in [0.717, 1.165) is 41.7 Å². The van der Waals surface area contributed by atoms with E-state index in [0.29, 0.717) is 4.99 Å². The van der Waals surface area contributed by atoms with Gasteiger partial charge in [-0.3, -0.25) is 0 Å². The number of halogens is 1. The minimum absolute atomic E-state index is 0.289. The molecule has 0 aromatic heterocycles. The molecule has 98 valence electrons. The second-order valence-corrected chi connectivity index (χ2v) is 5.74. The zero-order valence-electron chi connectivity index (χ0n) is 10.4. The standard InChI is InChI=1S/C13H17BrN2OS/c1-17-9-4-3-7-16(8-9)11-6-2-5-10(14)12(11)13(15)18/h2,5-6,9H,3-4,7-8H2,1H3,(H2,15,18). The van der Waals surface area contributed by atoms with Gasteiger partial charge in [0.05, 0.1) is 6.10 Å². The van der Waals surface area contributed by atoms with E-state index in [1.165, 1.54) is 0 Å². The van der Waals surface area contributed by atoms with Crippen LogP contribution in [0.4, 0.5) is 5.69 Å². The molecule has 1 fully saturated rings. The van der Waals surface area contributed by atoms with E-state index in [4.69, 9.17) is 22.7 Å². The SMILES string of the molecule is COC1CCCN(c2cccc(Br)c2C(N)=S)C1. The molecule has 0 radical (unpaired) electrons. The first kappa shape index (κ1) is 13.8. The normalized spacial score (nSPS) is 19.9. The maximum Gasteiger partial charge on any atom is 0.107 e. The maximum absolute atomic E-state index is 5.83. The fourth-order valence-corrected chi connectivity index (χ4v) is 3.28. The van der Waals surface area contributed by atoms with Gasteiger partial charge in [0, 0.05) is 35.9 Å². The molecule has 0 bridgehead atoms. The summed E-state index contributed by atoms with van der Waals surface area (Å²) in [5.41, 5.74) is 7.85. The third-order valence-electron chi connectivity index (χ3n) is 3.29. The van der Waals surface area contributed by atoms with Gasteiger partial charge in [0.1, 0.15) is 4.99 Å². The highest BCUT2D eigenvalue weighted by atomic mass is 79.9. The summed E-state index contributed by atoms with van der Waals surface area (Å²) in [6, 6.07) is 6.05. The smallest absolute Gasteiger partial charge is 0.107 e. The highest BCUT2D eigenvalue weighted by Crippen LogP contribution is 2.30. The van der Waals surface area contributed by atoms with Crippen molar-refractivity contribution in [2.45, 2.75) is 18.9 Å². The van der Waals surface area contributed by atoms with E-state index in [-0.39, 0.29) is 6.10 Å². The second-order valence-electron chi connectivity index (χ2n) is 4.44. The monoisotopic (exact) mass is 328 g/mol. The van der Waals surface area contributed by atoms with Gasteiger partial charge in [0.2, 0.25) is 0 Å². The molecule has 0 amide bonds. The first-order valence-electron chi connectivity index (χ1n) is 5.99. The summed E-state index contributed by atoms with van der Waals surface area (Å²) in [5, 5.41) is 0. The molecule has 2 rings (SSSR count). The lowest BCUT2D eigenvalue weighted by Gasteiger charge is -2.35. The van der Waals surface area contributed by atoms with Crippen molar-refractivity contribution < 1.29 is 4.74 Å². The molecule has 5 heteroatoms. The molecule has 3 nitrogen and oxygen atoms in total. The Hall–Kier alpha value is -0.650. The van der Waals surface area contributed by atoms with Gasteiger partial charge in [-0.05, 0) is 40.9 Å². The molecule has 1 atom stereocenters. The van der Waals surface area contributed by atoms with Crippen LogP contribution >= 0.6 is 28.1 Å². The molecule has 1 saturated heterocycles. The van der Waals surface area contributed by atoms with Crippen molar-refractivity contribution in [3.05, 3.63) is 28.2 Å². The summed E-state index contributed by atoms with van der Waals surface area (Å²) in [4.78, 5) is 2.73. The summed E-state index contributed by atoms with van der Waals surface area (Å²) in [7, 11) is 1.77. The number of hydrogen-bond donors (Lipinski definition) is 1. The number of methoxy groups -OCH3 is 1. The first-order chi connectivity index (χ1) is 8.63. The van der Waals surface area contributed by atoms with Crippen molar-refractivity contribution >= 4 is 38.8 Å². The van der Waals surface area contributed by atoms with Crippen LogP contribution in [0.15, 0.2) is 22.7 Å². The molecule has 1 aliphatic heterocycles. The molecule has 2 N–H and O–H groups in total. The number of ether oxygens (including phenoxy) is 1. The third kappa shape index (κ3) is 2.84. The fraction of sp³-hybridized carbons (Fsp3) is 0.462. The van der Waals surface area contributed by atoms with Gasteiger partial charge in [0.25, 0.3) is 0 Å². The number of thiocarbonyl (C=S) groups is 1. The van der Waals surface area contributed by atoms with Crippen LogP contribution in [0.3, 0.4) is 0 Å². The van der Waals surface area contributed by atoms with Crippen LogP contribution in [-0.2, 0) is 4.74 Å². The lowest BCUT2D eigenvalue weighted by molar-refractivity contribution is 0.0893. The van der Waals surface area contributed by atoms with Crippen LogP contribution in [0.25, 0.3) is 0 Å². The lowest BCUT2D eigenvalue weighted by Crippen LogP contribution is -2.40. The quantitative estimate of drug-likeness (QED) is 0.866. The van der Waals surface area contributed by atoms with E-state index in [1.54, 1.807) is 7.11 Å². The van der Waals surface area contributed by atoms with Crippen LogP contribution < -0.4 is 10.6 Å². The van der Waals surface area contributed by atoms with E-state index < -0.39 is 0 Å². The number of benzene rings is 1. The topological polar surface area (TPSA) is 38.5 Å². The molecule has 1 aromatic carbocycles. The Morgan fingerprint density at radius 3 is 3.00 bits per heavy atom. The third-order valence-corrected chi connectivity index (χ3v) is 4.16. The van der Waals surface area contributed by atoms with Crippen molar-refractivity contribution in [1.82, 2.24) is 0 Å². The van der Waals surface area contributed by atoms with Crippen molar-refractivity contribution in [2.75, 3.05) is 25.1 Å². The van der Waals surface area contributed by atoms with Crippen molar-refractivity contribution in [3.8, 4) is 0 Å². The minimum Gasteiger partial charge on any atom is -0.389 e. The number of hydrogen-bond acceptors (Lipinski definition) is 3. The summed E-state index contributed by atoms with van der Waals surface area (Å²) < 4.78 is 6.41. The minimum atomic E-state index is 0.289. The fourth-order valence-electron chi connectivity index (χ4n) is 2.37. The molecule has 1 unspecified atom stereocenters. The van der Waals surface area contributed by atoms with Gasteiger partial charge in [-0.25, -0.2) is 0 Å². The van der Waals surface area contributed by atoms with Gasteiger partial charge < -0.3 is 15.4 Å². The molecule has 0 saturated carbocycles. The van der Waals surface area contributed by atoms with Crippen LogP contribution in [0.2, 0.25) is 0 Å². The average molecular weight is 329 g/mol. The molecule has 0 aliphatic carbocycles. The summed E-state index contributed by atoms with van der Waals surface area (Å²) in [5.74, 6) is 0. The van der Waals surface area contributed by atoms with Gasteiger partial charge in [-0.2, -0.15) is 0 Å². The molecule has 1 aromatic rings. The number of rotatable bonds is 3. The highest BCUT2D eigenvalue weighted by Gasteiger charge is 2.22. The Balaban J connectivity index is 2.32. The van der Waals surface area contributed by atoms with Gasteiger partial charge in [0.15, 0.2) is 0 Å². The summed E-state index contributed by atoms with van der Waals surface area (Å²) >= 11 is 8.68. The van der Waals surface area contributed by atoms with Crippen LogP contribution in [0.5, 0.6) is 0 Å². The molecular weight excluding hydrogens is 312 g/mol. The van der Waals surface area contributed by atoms with Crippen molar-refractivity contribution in [2.24, 2.45) is 5.73 Å². The maximum atomic E-state index is 5.83. The average Bonchev–Trinajstić information content (AvgIpc) is 2.38. The van der Waals surface area contributed by atoms with Crippen LogP contribution in [0, 0.1) is 0 Å². The Morgan fingerprint density at radius 2 is 2.33 bits per heavy atom. The molecule has 18 heavy (non-hydrogen) atoms. The van der Waals surface area contributed by atoms with E-state index in [1.807, 2.05) is 12.1 Å². The second kappa shape index (κ2) is 5.99. The number of nitrogens with zero attached hydrogens (tertiary/aromatic N) is 1. The predicted octanol–water partition coefficient (Wildman–Crippen LogP) is 2.70. The van der Waals surface area contributed by atoms with E-state index in [2.05, 4.69) is 26.9 Å². The Labute approximate surface area is 121 Å². The Kier molecular flexibility index (Phi) is 4.59. The molecule has 1 aliphatic rings. The van der Waals surface area contributed by atoms with Gasteiger partial charge >= 0.3 is 0 Å². The van der Waals surface area contributed by atoms with Gasteiger partial charge in [-0.15, -0.1) is 0 Å². The zero-order chi connectivity index (χ0) is 13.1. The zero-order valence-corrected chi connectivity index (χ0v) is 12.8. The first-order valence-corrected chi connectivity index (χ1v) is 7.19. The molecule has 1 heterocycles. The molecule has 0 spiro atoms. The van der Waals surface area contributed by atoms with Gasteiger partial charge in [-0.1, -0.05) is 18.3 Å². The highest BCUT2D eigenvalue weighted by molar-refractivity contribution is 9.10. The molecular formula is C13H17BrN2OS. The van der Waals surface area contributed by atoms with Crippen molar-refractivity contribution in [1.29, 1.82) is 0 Å². The number of piperidine rings is 1. The Morgan fingerprint density at radius 1 is 1.56 bits per heavy atom. The van der Waals surface area contributed by atoms with E-state index >= 15 is 0 Å². The lowest BCUT2D eigenvalue weighted by atomic mass is 10.1. The van der Waals surface area contributed by atoms with Crippen molar-refractivity contribution in [3.63, 3.8) is 0 Å². The largest absolute Gasteiger partial charge is 0.389 e. The summed E-state index contributed by atoms with van der Waals surface area (Å²) in [6.45, 7) is 1.91. The number of anilines is 1. The Bertz CT molecular complexity index is 453. The summed E-state index contributed by atoms with van der Waals surface area (Å²) in [6.07, 6.45) is 2.53. The van der Waals surface area contributed by atoms with Crippen LogP contribution in [-0.4, -0.2) is 31.3 Å².